The molecule has 1 rings (SSSR count). The Hall–Kier alpha value is 0.100. The molecule has 0 radical (unpaired) electrons. The van der Waals surface area contributed by atoms with Gasteiger partial charge < -0.3 is 0 Å². The number of carbonyl (C=O) groups excluding carboxylic acids is 1. The first-order valence-corrected chi connectivity index (χ1v) is 6.59. The first-order chi connectivity index (χ1) is 5.74. The van der Waals surface area contributed by atoms with Crippen molar-refractivity contribution in [3.8, 4) is 0 Å². The Kier molecular flexibility index (Phi) is 4.21. The zero-order valence-corrected chi connectivity index (χ0v) is 9.10. The molecule has 0 aromatic rings. The summed E-state index contributed by atoms with van der Waals surface area (Å²) in [5.41, 5.74) is 0. The number of hydrogen-bond donors (Lipinski definition) is 0. The van der Waals surface area contributed by atoms with Crippen molar-refractivity contribution in [1.82, 2.24) is 0 Å². The molecule has 1 saturated carbocycles. The molecule has 0 aliphatic heterocycles. The second-order valence-electron chi connectivity index (χ2n) is 3.89. The molecule has 0 aromatic carbocycles. The molecule has 0 amide bonds. The van der Waals surface area contributed by atoms with E-state index < -0.39 is 0 Å². The normalized spacial score (nSPS) is 31.2. The lowest BCUT2D eigenvalue weighted by molar-refractivity contribution is -0.121. The van der Waals surface area contributed by atoms with Crippen LogP contribution in [0, 0.1) is 11.8 Å². The van der Waals surface area contributed by atoms with Crippen LogP contribution in [0.2, 0.25) is 0 Å². The molecule has 0 saturated heterocycles. The second-order valence-corrected chi connectivity index (χ2v) is 5.00. The lowest BCUT2D eigenvalue weighted by Gasteiger charge is -2.26. The highest BCUT2D eigenvalue weighted by Gasteiger charge is 2.22. The second kappa shape index (κ2) is 4.97. The van der Waals surface area contributed by atoms with Gasteiger partial charge in [-0.25, -0.2) is 0 Å². The Morgan fingerprint density at radius 2 is 1.92 bits per heavy atom. The number of carbonyl (C=O) groups is 1. The molecule has 0 bridgehead atoms. The van der Waals surface area contributed by atoms with Crippen LogP contribution in [0.4, 0.5) is 0 Å². The Morgan fingerprint density at radius 3 is 2.33 bits per heavy atom. The fourth-order valence-corrected chi connectivity index (χ4v) is 3.05. The van der Waals surface area contributed by atoms with Gasteiger partial charge in [0, 0.05) is 5.92 Å². The van der Waals surface area contributed by atoms with Crippen molar-refractivity contribution in [2.45, 2.75) is 32.6 Å². The van der Waals surface area contributed by atoms with Gasteiger partial charge in [-0.2, -0.15) is 0 Å². The summed E-state index contributed by atoms with van der Waals surface area (Å²) in [5.74, 6) is 1.75. The molecule has 2 heteroatoms. The quantitative estimate of drug-likeness (QED) is 0.619. The van der Waals surface area contributed by atoms with E-state index in [0.717, 1.165) is 27.3 Å². The number of ketones is 1. The molecule has 0 N–H and O–H groups in total. The summed E-state index contributed by atoms with van der Waals surface area (Å²) in [6, 6.07) is 0. The van der Waals surface area contributed by atoms with Crippen LogP contribution in [0.25, 0.3) is 0 Å². The molecule has 1 nitrogen and oxygen atoms in total. The molecule has 12 heavy (non-hydrogen) atoms. The Bertz CT molecular complexity index is 148. The van der Waals surface area contributed by atoms with Crippen LogP contribution < -0.4 is 0 Å². The van der Waals surface area contributed by atoms with Gasteiger partial charge in [0.15, 0.2) is 0 Å². The van der Waals surface area contributed by atoms with Gasteiger partial charge in [-0.1, -0.05) is 0 Å². The third-order valence-electron chi connectivity index (χ3n) is 2.91. The summed E-state index contributed by atoms with van der Waals surface area (Å²) in [6.45, 7) is 4.02. The molecule has 1 unspecified atom stereocenters. The van der Waals surface area contributed by atoms with Crippen LogP contribution in [0.3, 0.4) is 0 Å². The molecule has 0 aromatic heterocycles. The van der Waals surface area contributed by atoms with Gasteiger partial charge in [0.2, 0.25) is 0 Å². The van der Waals surface area contributed by atoms with Crippen LogP contribution in [0.15, 0.2) is 0 Å². The smallest absolute Gasteiger partial charge is 0.132 e. The van der Waals surface area contributed by atoms with E-state index in [1.165, 1.54) is 19.0 Å². The fraction of sp³-hybridized carbons (Fsp3) is 0.900. The first kappa shape index (κ1) is 10.2. The van der Waals surface area contributed by atoms with Gasteiger partial charge in [0.25, 0.3) is 0 Å². The van der Waals surface area contributed by atoms with Crippen molar-refractivity contribution in [3.63, 3.8) is 0 Å². The maximum Gasteiger partial charge on any atom is 0.132 e. The SMILES string of the molecule is CPCC1CCC(C(C)=O)CC1. The Balaban J connectivity index is 2.25. The average molecular weight is 186 g/mol. The van der Waals surface area contributed by atoms with Crippen LogP contribution in [0.5, 0.6) is 0 Å². The number of hydrogen-bond acceptors (Lipinski definition) is 1. The summed E-state index contributed by atoms with van der Waals surface area (Å²) >= 11 is 0. The third-order valence-corrected chi connectivity index (χ3v) is 3.90. The van der Waals surface area contributed by atoms with Gasteiger partial charge in [-0.15, -0.1) is 8.58 Å². The molecule has 1 atom stereocenters. The van der Waals surface area contributed by atoms with Gasteiger partial charge in [-0.05, 0) is 51.4 Å². The monoisotopic (exact) mass is 186 g/mol. The predicted molar refractivity (Wildman–Crippen MR) is 55.2 cm³/mol. The van der Waals surface area contributed by atoms with Crippen LogP contribution in [-0.2, 0) is 4.79 Å². The lowest BCUT2D eigenvalue weighted by atomic mass is 9.81. The van der Waals surface area contributed by atoms with Crippen molar-refractivity contribution in [2.24, 2.45) is 11.8 Å². The van der Waals surface area contributed by atoms with Crippen LogP contribution >= 0.6 is 8.58 Å². The molecule has 1 fully saturated rings. The summed E-state index contributed by atoms with van der Waals surface area (Å²) in [6.07, 6.45) is 6.30. The van der Waals surface area contributed by atoms with Crippen molar-refractivity contribution < 1.29 is 4.79 Å². The minimum Gasteiger partial charge on any atom is -0.300 e. The van der Waals surface area contributed by atoms with Crippen molar-refractivity contribution in [3.05, 3.63) is 0 Å². The maximum absolute atomic E-state index is 11.1. The van der Waals surface area contributed by atoms with E-state index in [1.807, 2.05) is 0 Å². The summed E-state index contributed by atoms with van der Waals surface area (Å²) < 4.78 is 0. The topological polar surface area (TPSA) is 17.1 Å². The number of rotatable bonds is 3. The maximum atomic E-state index is 11.1. The molecular weight excluding hydrogens is 167 g/mol. The first-order valence-electron chi connectivity index (χ1n) is 4.89. The largest absolute Gasteiger partial charge is 0.300 e. The minimum atomic E-state index is 0.404. The summed E-state index contributed by atoms with van der Waals surface area (Å²) in [5, 5.41) is 0. The molecule has 0 heterocycles. The minimum absolute atomic E-state index is 0.404. The van der Waals surface area contributed by atoms with E-state index in [2.05, 4.69) is 6.66 Å². The summed E-state index contributed by atoms with van der Waals surface area (Å²) in [4.78, 5) is 11.1. The van der Waals surface area contributed by atoms with Crippen molar-refractivity contribution >= 4 is 14.4 Å². The molecule has 70 valence electrons. The van der Waals surface area contributed by atoms with E-state index in [-0.39, 0.29) is 0 Å². The third kappa shape index (κ3) is 2.86. The van der Waals surface area contributed by atoms with Crippen LogP contribution in [0.1, 0.15) is 32.6 Å². The van der Waals surface area contributed by atoms with Gasteiger partial charge >= 0.3 is 0 Å². The predicted octanol–water partition coefficient (Wildman–Crippen LogP) is 2.69. The Labute approximate surface area is 77.1 Å². The molecule has 1 aliphatic rings. The molecule has 0 spiro atoms. The Morgan fingerprint density at radius 1 is 1.33 bits per heavy atom. The molecular formula is C10H19OP. The van der Waals surface area contributed by atoms with E-state index in [0.29, 0.717) is 11.7 Å². The highest BCUT2D eigenvalue weighted by molar-refractivity contribution is 7.36. The lowest BCUT2D eigenvalue weighted by Crippen LogP contribution is -2.20. The van der Waals surface area contributed by atoms with Gasteiger partial charge in [-0.3, -0.25) is 4.79 Å². The highest BCUT2D eigenvalue weighted by Crippen LogP contribution is 2.31. The number of Topliss-reactive ketones (excluding diaryl/α,β-unsaturated/α-hetero) is 1. The zero-order chi connectivity index (χ0) is 8.97. The average Bonchev–Trinajstić information content (AvgIpc) is 2.06. The molecule has 1 aliphatic carbocycles. The van der Waals surface area contributed by atoms with E-state index >= 15 is 0 Å². The standard InChI is InChI=1S/C10H19OP/c1-8(11)10-5-3-9(4-6-10)7-12-2/h9-10,12H,3-7H2,1-2H3. The van der Waals surface area contributed by atoms with Crippen LogP contribution in [-0.4, -0.2) is 18.6 Å². The fourth-order valence-electron chi connectivity index (χ4n) is 2.06. The van der Waals surface area contributed by atoms with E-state index in [4.69, 9.17) is 0 Å². The highest BCUT2D eigenvalue weighted by atomic mass is 31.1. The van der Waals surface area contributed by atoms with Gasteiger partial charge in [0.1, 0.15) is 5.78 Å². The van der Waals surface area contributed by atoms with Crippen molar-refractivity contribution in [2.75, 3.05) is 12.8 Å². The van der Waals surface area contributed by atoms with E-state index in [1.54, 1.807) is 6.92 Å². The summed E-state index contributed by atoms with van der Waals surface area (Å²) in [7, 11) is 1.09. The zero-order valence-electron chi connectivity index (χ0n) is 8.10. The van der Waals surface area contributed by atoms with E-state index in [9.17, 15) is 4.79 Å². The van der Waals surface area contributed by atoms with Crippen molar-refractivity contribution in [1.29, 1.82) is 0 Å². The van der Waals surface area contributed by atoms with Gasteiger partial charge in [0.05, 0.1) is 0 Å².